The number of amides is 1. The Morgan fingerprint density at radius 2 is 2.08 bits per heavy atom. The lowest BCUT2D eigenvalue weighted by Gasteiger charge is -2.09. The monoisotopic (exact) mass is 351 g/mol. The molecule has 1 aromatic heterocycles. The quantitative estimate of drug-likeness (QED) is 0.781. The van der Waals surface area contributed by atoms with E-state index >= 15 is 0 Å². The molecule has 132 valence electrons. The number of ether oxygens (including phenoxy) is 2. The maximum atomic E-state index is 12.5. The average Bonchev–Trinajstić information content (AvgIpc) is 3.09. The lowest BCUT2D eigenvalue weighted by atomic mass is 10.1. The SMILES string of the molecule is Cc1cccc2c(=O)n(CCC(=O)Nc3ccc4c(c3)OCO4)cnc12. The first-order valence-electron chi connectivity index (χ1n) is 8.26. The highest BCUT2D eigenvalue weighted by atomic mass is 16.7. The third-order valence-electron chi connectivity index (χ3n) is 4.29. The van der Waals surface area contributed by atoms with Gasteiger partial charge >= 0.3 is 0 Å². The van der Waals surface area contributed by atoms with Gasteiger partial charge in [-0.3, -0.25) is 14.2 Å². The van der Waals surface area contributed by atoms with E-state index in [0.717, 1.165) is 5.56 Å². The summed E-state index contributed by atoms with van der Waals surface area (Å²) in [6.07, 6.45) is 1.65. The number of fused-ring (bicyclic) bond motifs is 2. The van der Waals surface area contributed by atoms with Crippen LogP contribution < -0.4 is 20.3 Å². The van der Waals surface area contributed by atoms with Crippen molar-refractivity contribution in [2.45, 2.75) is 19.9 Å². The minimum Gasteiger partial charge on any atom is -0.454 e. The van der Waals surface area contributed by atoms with Crippen LogP contribution in [-0.4, -0.2) is 22.3 Å². The van der Waals surface area contributed by atoms with Crippen molar-refractivity contribution in [3.05, 3.63) is 58.6 Å². The summed E-state index contributed by atoms with van der Waals surface area (Å²) < 4.78 is 12.0. The van der Waals surface area contributed by atoms with Gasteiger partial charge in [-0.05, 0) is 30.7 Å². The molecule has 0 fully saturated rings. The van der Waals surface area contributed by atoms with E-state index in [1.165, 1.54) is 10.9 Å². The largest absolute Gasteiger partial charge is 0.454 e. The summed E-state index contributed by atoms with van der Waals surface area (Å²) in [5, 5.41) is 3.36. The van der Waals surface area contributed by atoms with E-state index in [1.54, 1.807) is 24.3 Å². The molecule has 3 aromatic rings. The summed E-state index contributed by atoms with van der Waals surface area (Å²) in [7, 11) is 0. The van der Waals surface area contributed by atoms with Crippen molar-refractivity contribution in [1.29, 1.82) is 0 Å². The second kappa shape index (κ2) is 6.51. The number of hydrogen-bond donors (Lipinski definition) is 1. The first kappa shape index (κ1) is 16.1. The Morgan fingerprint density at radius 1 is 1.23 bits per heavy atom. The number of anilines is 1. The number of rotatable bonds is 4. The maximum absolute atomic E-state index is 12.5. The van der Waals surface area contributed by atoms with Gasteiger partial charge in [-0.25, -0.2) is 4.98 Å². The van der Waals surface area contributed by atoms with Crippen LogP contribution in [0.4, 0.5) is 5.69 Å². The molecule has 0 unspecified atom stereocenters. The molecule has 1 aliphatic heterocycles. The zero-order valence-electron chi connectivity index (χ0n) is 14.2. The molecule has 7 nitrogen and oxygen atoms in total. The predicted octanol–water partition coefficient (Wildman–Crippen LogP) is 2.46. The van der Waals surface area contributed by atoms with Crippen LogP contribution in [0.2, 0.25) is 0 Å². The van der Waals surface area contributed by atoms with Gasteiger partial charge in [-0.15, -0.1) is 0 Å². The number of benzene rings is 2. The van der Waals surface area contributed by atoms with Crippen molar-refractivity contribution in [3.8, 4) is 11.5 Å². The Morgan fingerprint density at radius 3 is 2.96 bits per heavy atom. The Bertz CT molecular complexity index is 1060. The second-order valence-electron chi connectivity index (χ2n) is 6.08. The number of aryl methyl sites for hydroxylation is 2. The van der Waals surface area contributed by atoms with Crippen LogP contribution in [0.15, 0.2) is 47.5 Å². The van der Waals surface area contributed by atoms with Gasteiger partial charge in [-0.2, -0.15) is 0 Å². The number of para-hydroxylation sites is 1. The second-order valence-corrected chi connectivity index (χ2v) is 6.08. The van der Waals surface area contributed by atoms with Crippen LogP contribution in [0.25, 0.3) is 10.9 Å². The van der Waals surface area contributed by atoms with Gasteiger partial charge in [0.15, 0.2) is 11.5 Å². The fourth-order valence-corrected chi connectivity index (χ4v) is 2.92. The Balaban J connectivity index is 1.45. The lowest BCUT2D eigenvalue weighted by Crippen LogP contribution is -2.23. The zero-order valence-corrected chi connectivity index (χ0v) is 14.2. The molecule has 2 heterocycles. The fraction of sp³-hybridized carbons (Fsp3) is 0.211. The number of hydrogen-bond acceptors (Lipinski definition) is 5. The summed E-state index contributed by atoms with van der Waals surface area (Å²) in [5.74, 6) is 1.07. The van der Waals surface area contributed by atoms with E-state index in [-0.39, 0.29) is 31.2 Å². The van der Waals surface area contributed by atoms with Crippen molar-refractivity contribution in [2.24, 2.45) is 0 Å². The molecule has 0 spiro atoms. The molecule has 26 heavy (non-hydrogen) atoms. The Labute approximate surface area is 149 Å². The van der Waals surface area contributed by atoms with Crippen molar-refractivity contribution in [3.63, 3.8) is 0 Å². The summed E-state index contributed by atoms with van der Waals surface area (Å²) in [4.78, 5) is 29.1. The molecular formula is C19H17N3O4. The highest BCUT2D eigenvalue weighted by Gasteiger charge is 2.14. The van der Waals surface area contributed by atoms with Gasteiger partial charge in [0.25, 0.3) is 5.56 Å². The molecule has 0 atom stereocenters. The minimum absolute atomic E-state index is 0.144. The van der Waals surface area contributed by atoms with Crippen molar-refractivity contribution in [2.75, 3.05) is 12.1 Å². The molecule has 0 aliphatic carbocycles. The fourth-order valence-electron chi connectivity index (χ4n) is 2.92. The molecule has 1 amide bonds. The number of carbonyl (C=O) groups is 1. The average molecular weight is 351 g/mol. The zero-order chi connectivity index (χ0) is 18.1. The van der Waals surface area contributed by atoms with Crippen molar-refractivity contribution >= 4 is 22.5 Å². The molecule has 0 bridgehead atoms. The lowest BCUT2D eigenvalue weighted by molar-refractivity contribution is -0.116. The van der Waals surface area contributed by atoms with Crippen LogP contribution in [0, 0.1) is 6.92 Å². The molecule has 1 aliphatic rings. The standard InChI is InChI=1S/C19H17N3O4/c1-12-3-2-4-14-18(12)20-10-22(19(14)24)8-7-17(23)21-13-5-6-15-16(9-13)26-11-25-15/h2-6,9-10H,7-8,11H2,1H3,(H,21,23). The van der Waals surface area contributed by atoms with Gasteiger partial charge in [0, 0.05) is 24.7 Å². The molecule has 7 heteroatoms. The first-order valence-corrected chi connectivity index (χ1v) is 8.26. The molecule has 0 saturated heterocycles. The third kappa shape index (κ3) is 2.99. The van der Waals surface area contributed by atoms with E-state index in [9.17, 15) is 9.59 Å². The van der Waals surface area contributed by atoms with Gasteiger partial charge in [0.05, 0.1) is 17.2 Å². The normalized spacial score (nSPS) is 12.3. The Hall–Kier alpha value is -3.35. The Kier molecular flexibility index (Phi) is 4.04. The number of carbonyl (C=O) groups excluding carboxylic acids is 1. The molecule has 0 saturated carbocycles. The van der Waals surface area contributed by atoms with Gasteiger partial charge < -0.3 is 14.8 Å². The topological polar surface area (TPSA) is 82.5 Å². The van der Waals surface area contributed by atoms with Crippen molar-refractivity contribution < 1.29 is 14.3 Å². The predicted molar refractivity (Wildman–Crippen MR) is 96.6 cm³/mol. The molecule has 0 radical (unpaired) electrons. The van der Waals surface area contributed by atoms with E-state index in [4.69, 9.17) is 9.47 Å². The van der Waals surface area contributed by atoms with E-state index < -0.39 is 0 Å². The van der Waals surface area contributed by atoms with Crippen LogP contribution in [0.3, 0.4) is 0 Å². The van der Waals surface area contributed by atoms with E-state index in [0.29, 0.717) is 28.1 Å². The van der Waals surface area contributed by atoms with Crippen LogP contribution in [0.5, 0.6) is 11.5 Å². The minimum atomic E-state index is -0.194. The molecule has 1 N–H and O–H groups in total. The van der Waals surface area contributed by atoms with Gasteiger partial charge in [0.1, 0.15) is 0 Å². The smallest absolute Gasteiger partial charge is 0.261 e. The third-order valence-corrected chi connectivity index (χ3v) is 4.29. The summed E-state index contributed by atoms with van der Waals surface area (Å²) in [5.41, 5.74) is 2.12. The highest BCUT2D eigenvalue weighted by molar-refractivity contribution is 5.91. The van der Waals surface area contributed by atoms with Gasteiger partial charge in [0.2, 0.25) is 12.7 Å². The van der Waals surface area contributed by atoms with Crippen molar-refractivity contribution in [1.82, 2.24) is 9.55 Å². The van der Waals surface area contributed by atoms with Crippen LogP contribution >= 0.6 is 0 Å². The summed E-state index contributed by atoms with van der Waals surface area (Å²) in [6.45, 7) is 2.36. The van der Waals surface area contributed by atoms with E-state index in [1.807, 2.05) is 19.1 Å². The van der Waals surface area contributed by atoms with Crippen LogP contribution in [0.1, 0.15) is 12.0 Å². The van der Waals surface area contributed by atoms with E-state index in [2.05, 4.69) is 10.3 Å². The molecular weight excluding hydrogens is 334 g/mol. The first-order chi connectivity index (χ1) is 12.6. The maximum Gasteiger partial charge on any atom is 0.261 e. The number of aromatic nitrogens is 2. The summed E-state index contributed by atoms with van der Waals surface area (Å²) >= 11 is 0. The number of nitrogens with one attached hydrogen (secondary N) is 1. The molecule has 4 rings (SSSR count). The van der Waals surface area contributed by atoms with Crippen LogP contribution in [-0.2, 0) is 11.3 Å². The number of nitrogens with zero attached hydrogens (tertiary/aromatic N) is 2. The van der Waals surface area contributed by atoms with Gasteiger partial charge in [-0.1, -0.05) is 12.1 Å². The highest BCUT2D eigenvalue weighted by Crippen LogP contribution is 2.34. The molecule has 2 aromatic carbocycles. The summed E-state index contributed by atoms with van der Waals surface area (Å²) in [6, 6.07) is 10.7.